The molecule has 0 fully saturated rings. The molecule has 1 rings (SSSR count). The van der Waals surface area contributed by atoms with Gasteiger partial charge in [0.1, 0.15) is 6.54 Å². The van der Waals surface area contributed by atoms with Crippen LogP contribution in [0.1, 0.15) is 0 Å². The number of methoxy groups -OCH3 is 2. The summed E-state index contributed by atoms with van der Waals surface area (Å²) in [5.74, 6) is 0.172. The molecule has 0 amide bonds. The summed E-state index contributed by atoms with van der Waals surface area (Å²) < 4.78 is 9.34. The molecule has 0 saturated carbocycles. The third-order valence-electron chi connectivity index (χ3n) is 1.64. The van der Waals surface area contributed by atoms with Gasteiger partial charge >= 0.3 is 12.0 Å². The number of hydrogen-bond acceptors (Lipinski definition) is 8. The van der Waals surface area contributed by atoms with Gasteiger partial charge in [0.25, 0.3) is 0 Å². The van der Waals surface area contributed by atoms with Gasteiger partial charge in [-0.25, -0.2) is 0 Å². The number of carbonyl (C=O) groups excluding carboxylic acids is 1. The fourth-order valence-electron chi connectivity index (χ4n) is 0.862. The smallest absolute Gasteiger partial charge is 0.325 e. The summed E-state index contributed by atoms with van der Waals surface area (Å²) >= 11 is 0. The number of esters is 1. The minimum absolute atomic E-state index is 0.0210. The Bertz CT molecular complexity index is 348. The van der Waals surface area contributed by atoms with Crippen molar-refractivity contribution in [3.05, 3.63) is 0 Å². The molecule has 0 aromatic carbocycles. The van der Waals surface area contributed by atoms with E-state index in [1.807, 2.05) is 0 Å². The van der Waals surface area contributed by atoms with Gasteiger partial charge in [0.15, 0.2) is 0 Å². The van der Waals surface area contributed by atoms with Crippen LogP contribution >= 0.6 is 0 Å². The SMILES string of the molecule is CNc1nc(NCC(=O)OC)nc(OC)n1. The van der Waals surface area contributed by atoms with E-state index in [2.05, 4.69) is 30.3 Å². The highest BCUT2D eigenvalue weighted by Gasteiger charge is 2.07. The van der Waals surface area contributed by atoms with E-state index in [0.717, 1.165) is 0 Å². The molecule has 2 N–H and O–H groups in total. The van der Waals surface area contributed by atoms with Crippen LogP contribution in [0.2, 0.25) is 0 Å². The van der Waals surface area contributed by atoms with Crippen LogP contribution in [-0.4, -0.2) is 48.7 Å². The number of carbonyl (C=O) groups is 1. The standard InChI is InChI=1S/C8H13N5O3/c1-9-6-11-7(10-4-5(14)15-2)13-8(12-6)16-3/h4H2,1-3H3,(H2,9,10,11,12,13). The van der Waals surface area contributed by atoms with Crippen molar-refractivity contribution in [2.75, 3.05) is 38.4 Å². The van der Waals surface area contributed by atoms with Crippen molar-refractivity contribution in [2.45, 2.75) is 0 Å². The highest BCUT2D eigenvalue weighted by molar-refractivity contribution is 5.74. The maximum atomic E-state index is 10.9. The number of nitrogens with one attached hydrogen (secondary N) is 2. The van der Waals surface area contributed by atoms with Crippen molar-refractivity contribution >= 4 is 17.9 Å². The Kier molecular flexibility index (Phi) is 4.25. The van der Waals surface area contributed by atoms with Crippen LogP contribution in [0, 0.1) is 0 Å². The summed E-state index contributed by atoms with van der Waals surface area (Å²) in [7, 11) is 4.41. The van der Waals surface area contributed by atoms with Crippen molar-refractivity contribution in [1.29, 1.82) is 0 Å². The molecule has 16 heavy (non-hydrogen) atoms. The van der Waals surface area contributed by atoms with Crippen LogP contribution in [0.25, 0.3) is 0 Å². The van der Waals surface area contributed by atoms with E-state index in [4.69, 9.17) is 4.74 Å². The third-order valence-corrected chi connectivity index (χ3v) is 1.64. The van der Waals surface area contributed by atoms with Crippen molar-refractivity contribution in [3.8, 4) is 6.01 Å². The first-order valence-corrected chi connectivity index (χ1v) is 4.48. The van der Waals surface area contributed by atoms with E-state index >= 15 is 0 Å². The lowest BCUT2D eigenvalue weighted by molar-refractivity contribution is -0.138. The molecule has 0 unspecified atom stereocenters. The normalized spacial score (nSPS) is 9.44. The molecule has 0 aliphatic rings. The average molecular weight is 227 g/mol. The Hall–Kier alpha value is -2.12. The lowest BCUT2D eigenvalue weighted by atomic mass is 10.6. The highest BCUT2D eigenvalue weighted by atomic mass is 16.5. The summed E-state index contributed by atoms with van der Waals surface area (Å²) in [5, 5.41) is 5.43. The predicted octanol–water partition coefficient (Wildman–Crippen LogP) is -0.493. The number of anilines is 2. The van der Waals surface area contributed by atoms with E-state index in [9.17, 15) is 4.79 Å². The minimum atomic E-state index is -0.412. The number of aromatic nitrogens is 3. The number of ether oxygens (including phenoxy) is 2. The highest BCUT2D eigenvalue weighted by Crippen LogP contribution is 2.09. The molecular weight excluding hydrogens is 214 g/mol. The van der Waals surface area contributed by atoms with Gasteiger partial charge < -0.3 is 20.1 Å². The topological polar surface area (TPSA) is 98.3 Å². The van der Waals surface area contributed by atoms with E-state index < -0.39 is 5.97 Å². The second-order valence-corrected chi connectivity index (χ2v) is 2.65. The van der Waals surface area contributed by atoms with Gasteiger partial charge in [-0.3, -0.25) is 4.79 Å². The molecule has 0 bridgehead atoms. The van der Waals surface area contributed by atoms with Crippen LogP contribution in [0.5, 0.6) is 6.01 Å². The molecule has 0 aliphatic heterocycles. The molecule has 88 valence electrons. The summed E-state index contributed by atoms with van der Waals surface area (Å²) in [5.41, 5.74) is 0. The van der Waals surface area contributed by atoms with Gasteiger partial charge in [-0.2, -0.15) is 15.0 Å². The maximum Gasteiger partial charge on any atom is 0.325 e. The zero-order valence-corrected chi connectivity index (χ0v) is 9.27. The summed E-state index contributed by atoms with van der Waals surface area (Å²) in [6.07, 6.45) is 0. The van der Waals surface area contributed by atoms with Gasteiger partial charge in [-0.15, -0.1) is 0 Å². The minimum Gasteiger partial charge on any atom is -0.468 e. The zero-order chi connectivity index (χ0) is 12.0. The van der Waals surface area contributed by atoms with Gasteiger partial charge in [0, 0.05) is 7.05 Å². The Balaban J connectivity index is 2.74. The Morgan fingerprint density at radius 3 is 2.50 bits per heavy atom. The van der Waals surface area contributed by atoms with Crippen LogP contribution in [0.3, 0.4) is 0 Å². The maximum absolute atomic E-state index is 10.9. The van der Waals surface area contributed by atoms with Crippen LogP contribution < -0.4 is 15.4 Å². The average Bonchev–Trinajstić information content (AvgIpc) is 2.35. The molecule has 0 radical (unpaired) electrons. The van der Waals surface area contributed by atoms with Gasteiger partial charge in [-0.05, 0) is 0 Å². The molecule has 1 heterocycles. The van der Waals surface area contributed by atoms with Crippen molar-refractivity contribution in [3.63, 3.8) is 0 Å². The quantitative estimate of drug-likeness (QED) is 0.650. The lowest BCUT2D eigenvalue weighted by Crippen LogP contribution is -2.17. The fourth-order valence-corrected chi connectivity index (χ4v) is 0.862. The second kappa shape index (κ2) is 5.69. The molecule has 1 aromatic heterocycles. The number of nitrogens with zero attached hydrogens (tertiary/aromatic N) is 3. The Morgan fingerprint density at radius 1 is 1.25 bits per heavy atom. The van der Waals surface area contributed by atoms with Crippen LogP contribution in [0.4, 0.5) is 11.9 Å². The number of hydrogen-bond donors (Lipinski definition) is 2. The summed E-state index contributed by atoms with van der Waals surface area (Å²) in [6, 6.07) is 0.159. The first-order chi connectivity index (χ1) is 7.69. The van der Waals surface area contributed by atoms with E-state index in [-0.39, 0.29) is 18.5 Å². The second-order valence-electron chi connectivity index (χ2n) is 2.65. The van der Waals surface area contributed by atoms with Crippen LogP contribution in [0.15, 0.2) is 0 Å². The predicted molar refractivity (Wildman–Crippen MR) is 56.4 cm³/mol. The van der Waals surface area contributed by atoms with E-state index in [1.165, 1.54) is 14.2 Å². The van der Waals surface area contributed by atoms with E-state index in [1.54, 1.807) is 7.05 Å². The third kappa shape index (κ3) is 3.23. The molecule has 0 aliphatic carbocycles. The van der Waals surface area contributed by atoms with Crippen molar-refractivity contribution in [1.82, 2.24) is 15.0 Å². The molecule has 8 heteroatoms. The van der Waals surface area contributed by atoms with E-state index in [0.29, 0.717) is 5.95 Å². The molecule has 8 nitrogen and oxygen atoms in total. The fraction of sp³-hybridized carbons (Fsp3) is 0.500. The molecule has 0 saturated heterocycles. The molecule has 0 spiro atoms. The van der Waals surface area contributed by atoms with Crippen LogP contribution in [-0.2, 0) is 9.53 Å². The molecule has 0 atom stereocenters. The largest absolute Gasteiger partial charge is 0.468 e. The van der Waals surface area contributed by atoms with Gasteiger partial charge in [0.05, 0.1) is 14.2 Å². The summed E-state index contributed by atoms with van der Waals surface area (Å²) in [6.45, 7) is -0.0210. The lowest BCUT2D eigenvalue weighted by Gasteiger charge is -2.06. The Morgan fingerprint density at radius 2 is 1.94 bits per heavy atom. The zero-order valence-electron chi connectivity index (χ0n) is 9.27. The first-order valence-electron chi connectivity index (χ1n) is 4.48. The van der Waals surface area contributed by atoms with Crippen molar-refractivity contribution < 1.29 is 14.3 Å². The number of rotatable bonds is 5. The van der Waals surface area contributed by atoms with Gasteiger partial charge in [-0.1, -0.05) is 0 Å². The summed E-state index contributed by atoms with van der Waals surface area (Å²) in [4.78, 5) is 22.7. The monoisotopic (exact) mass is 227 g/mol. The van der Waals surface area contributed by atoms with Crippen molar-refractivity contribution in [2.24, 2.45) is 0 Å². The molecular formula is C8H13N5O3. The van der Waals surface area contributed by atoms with Gasteiger partial charge in [0.2, 0.25) is 11.9 Å². The first kappa shape index (κ1) is 12.0. The molecule has 1 aromatic rings. The Labute approximate surface area is 92.4 Å².